The van der Waals surface area contributed by atoms with Gasteiger partial charge in [0.05, 0.1) is 6.04 Å². The van der Waals surface area contributed by atoms with Gasteiger partial charge in [-0.1, -0.05) is 13.8 Å². The maximum Gasteiger partial charge on any atom is 0.280 e. The normalized spacial score (nSPS) is 19.0. The maximum atomic E-state index is 12.3. The van der Waals surface area contributed by atoms with Crippen LogP contribution >= 0.6 is 0 Å². The molecule has 0 spiro atoms. The Kier molecular flexibility index (Phi) is 5.31. The number of nitrogens with one attached hydrogen (secondary N) is 1. The van der Waals surface area contributed by atoms with Gasteiger partial charge in [0.15, 0.2) is 5.82 Å². The smallest absolute Gasteiger partial charge is 0.280 e. The van der Waals surface area contributed by atoms with Crippen LogP contribution in [0.1, 0.15) is 44.4 Å². The lowest BCUT2D eigenvalue weighted by atomic mass is 10.1. The number of methoxy groups -OCH3 is 1. The lowest BCUT2D eigenvalue weighted by molar-refractivity contribution is 0.177. The molecule has 1 aromatic rings. The molecule has 1 atom stereocenters. The highest BCUT2D eigenvalue weighted by atomic mass is 32.2. The standard InChI is InChI=1S/C12H23N5O3S/c1-4-16(5-2)21(18,19)15-10-7-6-8-17-12(10)13-11(14-17)9-20-3/h10,15H,4-9H2,1-3H3/t10-/m1/s1. The van der Waals surface area contributed by atoms with Crippen molar-refractivity contribution in [2.24, 2.45) is 0 Å². The van der Waals surface area contributed by atoms with Crippen molar-refractivity contribution in [1.82, 2.24) is 23.8 Å². The minimum Gasteiger partial charge on any atom is -0.377 e. The first-order valence-corrected chi connectivity index (χ1v) is 8.65. The molecule has 120 valence electrons. The monoisotopic (exact) mass is 317 g/mol. The van der Waals surface area contributed by atoms with Crippen molar-refractivity contribution in [2.45, 2.75) is 45.9 Å². The Hall–Kier alpha value is -1.03. The van der Waals surface area contributed by atoms with Gasteiger partial charge in [-0.15, -0.1) is 0 Å². The average molecular weight is 317 g/mol. The molecular weight excluding hydrogens is 294 g/mol. The summed E-state index contributed by atoms with van der Waals surface area (Å²) in [5.74, 6) is 1.26. The SMILES string of the molecule is CCN(CC)S(=O)(=O)N[C@@H]1CCCn2nc(COC)nc21. The highest BCUT2D eigenvalue weighted by Gasteiger charge is 2.30. The van der Waals surface area contributed by atoms with E-state index in [1.807, 2.05) is 13.8 Å². The van der Waals surface area contributed by atoms with Gasteiger partial charge in [-0.05, 0) is 12.8 Å². The van der Waals surface area contributed by atoms with Gasteiger partial charge < -0.3 is 4.74 Å². The third-order valence-corrected chi connectivity index (χ3v) is 5.31. The first-order chi connectivity index (χ1) is 10.0. The van der Waals surface area contributed by atoms with Crippen LogP contribution in [0.15, 0.2) is 0 Å². The van der Waals surface area contributed by atoms with E-state index in [-0.39, 0.29) is 6.04 Å². The molecule has 0 saturated carbocycles. The van der Waals surface area contributed by atoms with E-state index in [1.54, 1.807) is 11.8 Å². The minimum absolute atomic E-state index is 0.329. The number of fused-ring (bicyclic) bond motifs is 1. The number of hydrogen-bond donors (Lipinski definition) is 1. The first kappa shape index (κ1) is 16.3. The van der Waals surface area contributed by atoms with Crippen LogP contribution in [0.4, 0.5) is 0 Å². The molecule has 0 saturated heterocycles. The number of nitrogens with zero attached hydrogens (tertiary/aromatic N) is 4. The second kappa shape index (κ2) is 6.82. The van der Waals surface area contributed by atoms with E-state index < -0.39 is 10.2 Å². The Bertz CT molecular complexity index is 567. The molecule has 0 aromatic carbocycles. The topological polar surface area (TPSA) is 89.4 Å². The molecule has 0 fully saturated rings. The van der Waals surface area contributed by atoms with E-state index in [0.29, 0.717) is 31.3 Å². The molecule has 1 aliphatic rings. The summed E-state index contributed by atoms with van der Waals surface area (Å²) in [6.07, 6.45) is 1.60. The van der Waals surface area contributed by atoms with E-state index in [2.05, 4.69) is 14.8 Å². The largest absolute Gasteiger partial charge is 0.377 e. The maximum absolute atomic E-state index is 12.3. The summed E-state index contributed by atoms with van der Waals surface area (Å²) in [5.41, 5.74) is 0. The lowest BCUT2D eigenvalue weighted by Crippen LogP contribution is -2.43. The molecule has 0 radical (unpaired) electrons. The quantitative estimate of drug-likeness (QED) is 0.788. The van der Waals surface area contributed by atoms with Crippen molar-refractivity contribution in [3.63, 3.8) is 0 Å². The Morgan fingerprint density at radius 3 is 2.76 bits per heavy atom. The molecule has 1 aliphatic heterocycles. The van der Waals surface area contributed by atoms with Crippen LogP contribution in [0.25, 0.3) is 0 Å². The molecule has 0 unspecified atom stereocenters. The van der Waals surface area contributed by atoms with Crippen LogP contribution < -0.4 is 4.72 Å². The van der Waals surface area contributed by atoms with Gasteiger partial charge in [0, 0.05) is 26.7 Å². The van der Waals surface area contributed by atoms with Gasteiger partial charge in [-0.25, -0.2) is 9.67 Å². The molecular formula is C12H23N5O3S. The van der Waals surface area contributed by atoms with Crippen LogP contribution in [0.5, 0.6) is 0 Å². The third kappa shape index (κ3) is 3.60. The minimum atomic E-state index is -3.50. The summed E-state index contributed by atoms with van der Waals surface area (Å²) in [6, 6.07) is -0.331. The molecule has 2 rings (SSSR count). The average Bonchev–Trinajstić information content (AvgIpc) is 2.83. The summed E-state index contributed by atoms with van der Waals surface area (Å²) < 4.78 is 35.6. The zero-order valence-electron chi connectivity index (χ0n) is 12.7. The number of ether oxygens (including phenoxy) is 1. The van der Waals surface area contributed by atoms with E-state index >= 15 is 0 Å². The van der Waals surface area contributed by atoms with Gasteiger partial charge in [-0.2, -0.15) is 22.5 Å². The van der Waals surface area contributed by atoms with Crippen molar-refractivity contribution in [2.75, 3.05) is 20.2 Å². The zero-order valence-corrected chi connectivity index (χ0v) is 13.6. The van der Waals surface area contributed by atoms with Crippen molar-refractivity contribution in [3.8, 4) is 0 Å². The van der Waals surface area contributed by atoms with Gasteiger partial charge in [0.1, 0.15) is 12.4 Å². The van der Waals surface area contributed by atoms with Crippen molar-refractivity contribution < 1.29 is 13.2 Å². The first-order valence-electron chi connectivity index (χ1n) is 7.21. The molecule has 9 heteroatoms. The van der Waals surface area contributed by atoms with Gasteiger partial charge in [0.25, 0.3) is 10.2 Å². The van der Waals surface area contributed by atoms with Crippen LogP contribution in [0.3, 0.4) is 0 Å². The Balaban J connectivity index is 2.20. The highest BCUT2D eigenvalue weighted by molar-refractivity contribution is 7.87. The van der Waals surface area contributed by atoms with Gasteiger partial charge in [0.2, 0.25) is 0 Å². The fraction of sp³-hybridized carbons (Fsp3) is 0.833. The summed E-state index contributed by atoms with van der Waals surface area (Å²) in [7, 11) is -1.91. The summed E-state index contributed by atoms with van der Waals surface area (Å²) in [6.45, 7) is 5.62. The number of aromatic nitrogens is 3. The fourth-order valence-corrected chi connectivity index (χ4v) is 3.93. The van der Waals surface area contributed by atoms with Crippen molar-refractivity contribution in [3.05, 3.63) is 11.6 Å². The fourth-order valence-electron chi connectivity index (χ4n) is 2.52. The van der Waals surface area contributed by atoms with E-state index in [1.165, 1.54) is 4.31 Å². The summed E-state index contributed by atoms with van der Waals surface area (Å²) >= 11 is 0. The molecule has 8 nitrogen and oxygen atoms in total. The lowest BCUT2D eigenvalue weighted by Gasteiger charge is -2.26. The summed E-state index contributed by atoms with van der Waals surface area (Å²) in [5, 5.41) is 4.34. The molecule has 1 aromatic heterocycles. The van der Waals surface area contributed by atoms with Gasteiger partial charge >= 0.3 is 0 Å². The number of hydrogen-bond acceptors (Lipinski definition) is 5. The highest BCUT2D eigenvalue weighted by Crippen LogP contribution is 2.24. The molecule has 0 aliphatic carbocycles. The number of rotatable bonds is 7. The summed E-state index contributed by atoms with van der Waals surface area (Å²) in [4.78, 5) is 4.40. The van der Waals surface area contributed by atoms with Crippen LogP contribution in [-0.2, 0) is 28.1 Å². The molecule has 21 heavy (non-hydrogen) atoms. The second-order valence-electron chi connectivity index (χ2n) is 4.94. The van der Waals surface area contributed by atoms with Crippen molar-refractivity contribution >= 4 is 10.2 Å². The van der Waals surface area contributed by atoms with Crippen LogP contribution in [0.2, 0.25) is 0 Å². The Morgan fingerprint density at radius 1 is 1.43 bits per heavy atom. The Labute approximate surface area is 125 Å². The Morgan fingerprint density at radius 2 is 2.14 bits per heavy atom. The van der Waals surface area contributed by atoms with Crippen LogP contribution in [-0.4, -0.2) is 47.7 Å². The zero-order chi connectivity index (χ0) is 15.5. The number of aryl methyl sites for hydroxylation is 1. The molecule has 1 N–H and O–H groups in total. The third-order valence-electron chi connectivity index (χ3n) is 3.53. The second-order valence-corrected chi connectivity index (χ2v) is 6.65. The molecule has 2 heterocycles. The van der Waals surface area contributed by atoms with Crippen LogP contribution in [0, 0.1) is 0 Å². The van der Waals surface area contributed by atoms with E-state index in [4.69, 9.17) is 4.74 Å². The van der Waals surface area contributed by atoms with Gasteiger partial charge in [-0.3, -0.25) is 0 Å². The van der Waals surface area contributed by atoms with E-state index in [0.717, 1.165) is 19.4 Å². The van der Waals surface area contributed by atoms with E-state index in [9.17, 15) is 8.42 Å². The predicted molar refractivity (Wildman–Crippen MR) is 77.7 cm³/mol. The predicted octanol–water partition coefficient (Wildman–Crippen LogP) is 0.436. The molecule has 0 amide bonds. The van der Waals surface area contributed by atoms with Crippen molar-refractivity contribution in [1.29, 1.82) is 0 Å². The molecule has 0 bridgehead atoms.